The fourth-order valence-corrected chi connectivity index (χ4v) is 4.53. The van der Waals surface area contributed by atoms with Crippen molar-refractivity contribution in [2.75, 3.05) is 25.4 Å². The molecule has 2 aliphatic heterocycles. The van der Waals surface area contributed by atoms with Gasteiger partial charge in [-0.2, -0.15) is 5.26 Å². The number of benzene rings is 1. The van der Waals surface area contributed by atoms with Gasteiger partial charge in [0.05, 0.1) is 29.0 Å². The summed E-state index contributed by atoms with van der Waals surface area (Å²) in [4.78, 5) is 26.6. The van der Waals surface area contributed by atoms with E-state index >= 15 is 0 Å². The summed E-state index contributed by atoms with van der Waals surface area (Å²) in [5, 5.41) is 13.0. The molecule has 6 nitrogen and oxygen atoms in total. The Bertz CT molecular complexity index is 792. The van der Waals surface area contributed by atoms with Gasteiger partial charge in [-0.05, 0) is 43.9 Å². The minimum atomic E-state index is -0.304. The molecule has 3 rings (SSSR count). The molecule has 0 radical (unpaired) electrons. The number of carbonyl (C=O) groups excluding carboxylic acids is 2. The number of likely N-dealkylation sites (tertiary alicyclic amines) is 1. The van der Waals surface area contributed by atoms with Gasteiger partial charge >= 0.3 is 0 Å². The highest BCUT2D eigenvalue weighted by molar-refractivity contribution is 8.03. The number of piperidine rings is 1. The summed E-state index contributed by atoms with van der Waals surface area (Å²) in [6, 6.07) is 9.75. The van der Waals surface area contributed by atoms with Gasteiger partial charge in [0.2, 0.25) is 11.8 Å². The summed E-state index contributed by atoms with van der Waals surface area (Å²) in [6.07, 6.45) is 3.47. The normalized spacial score (nSPS) is 19.8. The Kier molecular flexibility index (Phi) is 6.99. The Labute approximate surface area is 169 Å². The lowest BCUT2D eigenvalue weighted by Gasteiger charge is -2.28. The second kappa shape index (κ2) is 9.65. The Morgan fingerprint density at radius 2 is 2.00 bits per heavy atom. The number of hydrogen-bond acceptors (Lipinski definition) is 5. The first kappa shape index (κ1) is 20.3. The summed E-state index contributed by atoms with van der Waals surface area (Å²) < 4.78 is 5.46. The molecule has 0 spiro atoms. The zero-order valence-electron chi connectivity index (χ0n) is 16.1. The van der Waals surface area contributed by atoms with Crippen molar-refractivity contribution in [2.45, 2.75) is 38.5 Å². The number of rotatable bonds is 6. The molecule has 7 heteroatoms. The smallest absolute Gasteiger partial charge is 0.232 e. The molecule has 148 valence electrons. The second-order valence-electron chi connectivity index (χ2n) is 6.89. The largest absolute Gasteiger partial charge is 0.494 e. The first-order valence-electron chi connectivity index (χ1n) is 9.69. The van der Waals surface area contributed by atoms with E-state index in [2.05, 4.69) is 11.4 Å². The van der Waals surface area contributed by atoms with Crippen LogP contribution in [0.15, 0.2) is 34.9 Å². The highest BCUT2D eigenvalue weighted by atomic mass is 32.2. The van der Waals surface area contributed by atoms with Gasteiger partial charge in [-0.3, -0.25) is 9.59 Å². The highest BCUT2D eigenvalue weighted by Gasteiger charge is 2.30. The average Bonchev–Trinajstić information content (AvgIpc) is 2.73. The Balaban J connectivity index is 1.75. The number of nitrogens with one attached hydrogen (secondary N) is 1. The van der Waals surface area contributed by atoms with Crippen molar-refractivity contribution in [3.63, 3.8) is 0 Å². The molecular weight excluding hydrogens is 374 g/mol. The molecule has 0 aliphatic carbocycles. The maximum atomic E-state index is 12.4. The number of hydrogen-bond donors (Lipinski definition) is 1. The van der Waals surface area contributed by atoms with Crippen LogP contribution in [0, 0.1) is 11.3 Å². The monoisotopic (exact) mass is 399 g/mol. The van der Waals surface area contributed by atoms with Crippen LogP contribution in [0.2, 0.25) is 0 Å². The molecule has 1 aromatic carbocycles. The van der Waals surface area contributed by atoms with Gasteiger partial charge in [-0.15, -0.1) is 0 Å². The third kappa shape index (κ3) is 4.87. The van der Waals surface area contributed by atoms with Gasteiger partial charge in [0, 0.05) is 25.4 Å². The molecule has 2 heterocycles. The van der Waals surface area contributed by atoms with Crippen LogP contribution in [0.25, 0.3) is 0 Å². The van der Waals surface area contributed by atoms with Crippen molar-refractivity contribution in [2.24, 2.45) is 0 Å². The predicted molar refractivity (Wildman–Crippen MR) is 109 cm³/mol. The number of thioether (sulfide) groups is 1. The molecule has 0 bridgehead atoms. The Morgan fingerprint density at radius 3 is 2.64 bits per heavy atom. The van der Waals surface area contributed by atoms with E-state index in [1.54, 1.807) is 0 Å². The number of nitriles is 1. The first-order chi connectivity index (χ1) is 13.6. The third-order valence-electron chi connectivity index (χ3n) is 5.00. The molecule has 1 atom stereocenters. The zero-order valence-corrected chi connectivity index (χ0v) is 16.9. The van der Waals surface area contributed by atoms with Gasteiger partial charge in [-0.25, -0.2) is 0 Å². The molecule has 28 heavy (non-hydrogen) atoms. The van der Waals surface area contributed by atoms with Crippen LogP contribution in [-0.4, -0.2) is 42.2 Å². The molecule has 0 saturated carbocycles. The van der Waals surface area contributed by atoms with Gasteiger partial charge < -0.3 is 15.0 Å². The van der Waals surface area contributed by atoms with E-state index in [0.29, 0.717) is 17.2 Å². The SMILES string of the molecule is CCOc1ccc([C@@H]2CC(=O)NC(SCC(=O)N3CCCCC3)=C2C#N)cc1. The first-order valence-corrected chi connectivity index (χ1v) is 10.7. The third-order valence-corrected chi connectivity index (χ3v) is 6.00. The van der Waals surface area contributed by atoms with E-state index in [4.69, 9.17) is 4.74 Å². The van der Waals surface area contributed by atoms with E-state index in [9.17, 15) is 14.9 Å². The maximum Gasteiger partial charge on any atom is 0.232 e. The maximum absolute atomic E-state index is 12.4. The lowest BCUT2D eigenvalue weighted by atomic mass is 9.87. The summed E-state index contributed by atoms with van der Waals surface area (Å²) in [6.45, 7) is 4.10. The quantitative estimate of drug-likeness (QED) is 0.794. The molecule has 2 amide bonds. The van der Waals surface area contributed by atoms with E-state index in [1.165, 1.54) is 18.2 Å². The van der Waals surface area contributed by atoms with Crippen LogP contribution in [0.5, 0.6) is 5.75 Å². The van der Waals surface area contributed by atoms with Crippen molar-refractivity contribution >= 4 is 23.6 Å². The fraction of sp³-hybridized carbons (Fsp3) is 0.476. The summed E-state index contributed by atoms with van der Waals surface area (Å²) in [7, 11) is 0. The van der Waals surface area contributed by atoms with Crippen molar-refractivity contribution in [1.29, 1.82) is 5.26 Å². The number of nitrogens with zero attached hydrogens (tertiary/aromatic N) is 2. The predicted octanol–water partition coefficient (Wildman–Crippen LogP) is 3.17. The van der Waals surface area contributed by atoms with Crippen LogP contribution in [0.3, 0.4) is 0 Å². The van der Waals surface area contributed by atoms with Gasteiger partial charge in [0.15, 0.2) is 0 Å². The van der Waals surface area contributed by atoms with Gasteiger partial charge in [0.1, 0.15) is 5.75 Å². The Hall–Kier alpha value is -2.46. The summed E-state index contributed by atoms with van der Waals surface area (Å²) >= 11 is 1.25. The van der Waals surface area contributed by atoms with E-state index in [1.807, 2.05) is 36.1 Å². The second-order valence-corrected chi connectivity index (χ2v) is 7.88. The van der Waals surface area contributed by atoms with E-state index in [-0.39, 0.29) is 29.9 Å². The molecule has 1 N–H and O–H groups in total. The minimum absolute atomic E-state index is 0.0620. The highest BCUT2D eigenvalue weighted by Crippen LogP contribution is 2.36. The Morgan fingerprint density at radius 1 is 1.29 bits per heavy atom. The number of ether oxygens (including phenoxy) is 1. The van der Waals surface area contributed by atoms with E-state index < -0.39 is 0 Å². The number of allylic oxidation sites excluding steroid dienone is 1. The zero-order chi connectivity index (χ0) is 19.9. The van der Waals surface area contributed by atoms with Crippen molar-refractivity contribution < 1.29 is 14.3 Å². The van der Waals surface area contributed by atoms with Crippen LogP contribution in [0.4, 0.5) is 0 Å². The summed E-state index contributed by atoms with van der Waals surface area (Å²) in [5.41, 5.74) is 1.41. The van der Waals surface area contributed by atoms with Crippen LogP contribution in [-0.2, 0) is 9.59 Å². The van der Waals surface area contributed by atoms with Gasteiger partial charge in [-0.1, -0.05) is 23.9 Å². The van der Waals surface area contributed by atoms with Gasteiger partial charge in [0.25, 0.3) is 0 Å². The lowest BCUT2D eigenvalue weighted by Crippen LogP contribution is -2.37. The van der Waals surface area contributed by atoms with Crippen LogP contribution in [0.1, 0.15) is 44.1 Å². The molecular formula is C21H25N3O3S. The molecule has 2 aliphatic rings. The average molecular weight is 400 g/mol. The molecule has 1 fully saturated rings. The fourth-order valence-electron chi connectivity index (χ4n) is 3.55. The standard InChI is InChI=1S/C21H25N3O3S/c1-2-27-16-8-6-15(7-9-16)17-12-19(25)23-21(18(17)13-22)28-14-20(26)24-10-4-3-5-11-24/h6-9,17H,2-5,10-12,14H2,1H3,(H,23,25)/t17-/m0/s1. The van der Waals surface area contributed by atoms with E-state index in [0.717, 1.165) is 37.2 Å². The van der Waals surface area contributed by atoms with Crippen molar-refractivity contribution in [1.82, 2.24) is 10.2 Å². The molecule has 1 saturated heterocycles. The minimum Gasteiger partial charge on any atom is -0.494 e. The van der Waals surface area contributed by atoms with Crippen LogP contribution < -0.4 is 10.1 Å². The summed E-state index contributed by atoms with van der Waals surface area (Å²) in [5.74, 6) is 0.618. The van der Waals surface area contributed by atoms with Crippen molar-refractivity contribution in [3.8, 4) is 11.8 Å². The molecule has 0 unspecified atom stereocenters. The molecule has 0 aromatic heterocycles. The number of carbonyl (C=O) groups is 2. The molecule has 1 aromatic rings. The van der Waals surface area contributed by atoms with Crippen molar-refractivity contribution in [3.05, 3.63) is 40.4 Å². The number of amides is 2. The topological polar surface area (TPSA) is 82.4 Å². The lowest BCUT2D eigenvalue weighted by molar-refractivity contribution is -0.129. The van der Waals surface area contributed by atoms with Crippen LogP contribution >= 0.6 is 11.8 Å².